The lowest BCUT2D eigenvalue weighted by molar-refractivity contribution is 0.590. The van der Waals surface area contributed by atoms with E-state index in [4.69, 9.17) is 0 Å². The summed E-state index contributed by atoms with van der Waals surface area (Å²) in [7, 11) is 0. The average Bonchev–Trinajstić information content (AvgIpc) is 4.12. The molecule has 0 heteroatoms. The summed E-state index contributed by atoms with van der Waals surface area (Å²) < 4.78 is 0. The maximum absolute atomic E-state index is 2.50. The van der Waals surface area contributed by atoms with Crippen LogP contribution in [0.4, 0.5) is 0 Å². The van der Waals surface area contributed by atoms with E-state index in [1.54, 1.807) is 0 Å². The minimum atomic E-state index is 0.0370. The Kier molecular flexibility index (Phi) is 7.09. The van der Waals surface area contributed by atoms with Gasteiger partial charge in [0.15, 0.2) is 0 Å². The van der Waals surface area contributed by atoms with E-state index in [1.165, 1.54) is 184 Å². The molecule has 17 aromatic rings. The van der Waals surface area contributed by atoms with E-state index in [9.17, 15) is 0 Å². The van der Waals surface area contributed by atoms with Crippen LogP contribution in [0.5, 0.6) is 0 Å². The summed E-state index contributed by atoms with van der Waals surface area (Å²) in [6.45, 7) is 14.0. The van der Waals surface area contributed by atoms with Crippen molar-refractivity contribution in [2.75, 3.05) is 0 Å². The van der Waals surface area contributed by atoms with Crippen molar-refractivity contribution in [3.63, 3.8) is 0 Å². The highest BCUT2D eigenvalue weighted by molar-refractivity contribution is 6.54. The molecule has 17 rings (SSSR count). The molecule has 0 aliphatic carbocycles. The van der Waals surface area contributed by atoms with Gasteiger partial charge >= 0.3 is 0 Å². The van der Waals surface area contributed by atoms with Crippen molar-refractivity contribution < 1.29 is 0 Å². The molecule has 0 spiro atoms. The fourth-order valence-electron chi connectivity index (χ4n) is 14.6. The Bertz CT molecular complexity index is 5150. The fourth-order valence-corrected chi connectivity index (χ4v) is 14.6. The van der Waals surface area contributed by atoms with Gasteiger partial charge in [0.05, 0.1) is 0 Å². The Hall–Kier alpha value is -8.32. The lowest BCUT2D eigenvalue weighted by Gasteiger charge is -2.20. The van der Waals surface area contributed by atoms with E-state index in [1.807, 2.05) is 0 Å². The first-order valence-corrected chi connectivity index (χ1v) is 25.9. The molecule has 0 radical (unpaired) electrons. The van der Waals surface area contributed by atoms with Crippen LogP contribution in [0.1, 0.15) is 52.7 Å². The van der Waals surface area contributed by atoms with Crippen LogP contribution in [0.2, 0.25) is 0 Å². The Morgan fingerprint density at radius 2 is 0.500 bits per heavy atom. The van der Waals surface area contributed by atoms with Gasteiger partial charge in [-0.05, 0) is 201 Å². The maximum atomic E-state index is 2.50. The van der Waals surface area contributed by atoms with Crippen molar-refractivity contribution in [2.24, 2.45) is 0 Å². The van der Waals surface area contributed by atoms with Gasteiger partial charge in [-0.25, -0.2) is 0 Å². The highest BCUT2D eigenvalue weighted by atomic mass is 14.3. The van der Waals surface area contributed by atoms with Crippen molar-refractivity contribution in [3.05, 3.63) is 193 Å². The molecule has 72 heavy (non-hydrogen) atoms. The van der Waals surface area contributed by atoms with E-state index in [2.05, 4.69) is 224 Å². The molecular weight excluding hydrogens is 865 g/mol. The number of benzene rings is 13. The summed E-state index contributed by atoms with van der Waals surface area (Å²) in [5, 5.41) is 38.1. The SMILES string of the molecule is CC(C)(C)c1ccc(-c2c3cccc4c5cc(C(C)(C)C)ccc5c(c34)c3c4ccc5c6ccc7c8c(-c9ccccc9)c9cccc%10c%11ccccc%11c(c9%10)c8c8ccc(c9ccc(c23)c4c95)c6c78)cc1. The Labute approximate surface area is 416 Å². The summed E-state index contributed by atoms with van der Waals surface area (Å²) in [4.78, 5) is 0. The first-order chi connectivity index (χ1) is 35.0. The van der Waals surface area contributed by atoms with Crippen LogP contribution in [0.3, 0.4) is 0 Å². The van der Waals surface area contributed by atoms with Gasteiger partial charge in [0, 0.05) is 0 Å². The van der Waals surface area contributed by atoms with Crippen LogP contribution in [-0.2, 0) is 10.8 Å². The molecule has 0 amide bonds. The van der Waals surface area contributed by atoms with Crippen molar-refractivity contribution in [1.82, 2.24) is 0 Å². The topological polar surface area (TPSA) is 0 Å². The number of fused-ring (bicyclic) bond motifs is 16. The van der Waals surface area contributed by atoms with Crippen LogP contribution in [-0.4, -0.2) is 0 Å². The molecule has 336 valence electrons. The van der Waals surface area contributed by atoms with E-state index in [0.29, 0.717) is 0 Å². The van der Waals surface area contributed by atoms with E-state index in [0.717, 1.165) is 0 Å². The minimum absolute atomic E-state index is 0.0370. The first kappa shape index (κ1) is 39.4. The highest BCUT2D eigenvalue weighted by Gasteiger charge is 2.30. The van der Waals surface area contributed by atoms with Gasteiger partial charge in [-0.1, -0.05) is 217 Å². The second-order valence-electron chi connectivity index (χ2n) is 23.3. The molecule has 0 aromatic heterocycles. The molecule has 0 heterocycles. The van der Waals surface area contributed by atoms with Crippen molar-refractivity contribution in [2.45, 2.75) is 52.4 Å². The quantitative estimate of drug-likeness (QED) is 0.120. The van der Waals surface area contributed by atoms with E-state index >= 15 is 0 Å². The molecule has 0 bridgehead atoms. The lowest BCUT2D eigenvalue weighted by Crippen LogP contribution is -2.10. The Balaban J connectivity index is 1.06. The van der Waals surface area contributed by atoms with Gasteiger partial charge in [-0.3, -0.25) is 0 Å². The summed E-state index contributed by atoms with van der Waals surface area (Å²) in [6.07, 6.45) is 0. The molecule has 17 aromatic carbocycles. The van der Waals surface area contributed by atoms with Gasteiger partial charge in [0.2, 0.25) is 0 Å². The third-order valence-electron chi connectivity index (χ3n) is 17.7. The summed E-state index contributed by atoms with van der Waals surface area (Å²) >= 11 is 0. The molecule has 0 aliphatic rings. The third kappa shape index (κ3) is 4.62. The molecule has 0 saturated heterocycles. The number of hydrogen-bond donors (Lipinski definition) is 0. The summed E-state index contributed by atoms with van der Waals surface area (Å²) in [6, 6.07) is 71.1. The normalized spacial score (nSPS) is 13.4. The van der Waals surface area contributed by atoms with Crippen molar-refractivity contribution >= 4 is 151 Å². The first-order valence-electron chi connectivity index (χ1n) is 25.9. The fraction of sp³-hybridized carbons (Fsp3) is 0.111. The van der Waals surface area contributed by atoms with Crippen LogP contribution < -0.4 is 0 Å². The zero-order chi connectivity index (χ0) is 47.8. The average molecular weight is 913 g/mol. The van der Waals surface area contributed by atoms with E-state index < -0.39 is 0 Å². The van der Waals surface area contributed by atoms with E-state index in [-0.39, 0.29) is 10.8 Å². The molecule has 0 unspecified atom stereocenters. The maximum Gasteiger partial charge on any atom is -0.000696 e. The predicted molar refractivity (Wildman–Crippen MR) is 316 cm³/mol. The summed E-state index contributed by atoms with van der Waals surface area (Å²) in [5.41, 5.74) is 8.05. The monoisotopic (exact) mass is 912 g/mol. The molecule has 0 nitrogen and oxygen atoms in total. The second kappa shape index (κ2) is 13.0. The van der Waals surface area contributed by atoms with Crippen molar-refractivity contribution in [3.8, 4) is 22.3 Å². The second-order valence-corrected chi connectivity index (χ2v) is 23.3. The predicted octanol–water partition coefficient (Wildman–Crippen LogP) is 20.9. The molecule has 0 atom stereocenters. The van der Waals surface area contributed by atoms with Crippen LogP contribution in [0.25, 0.3) is 173 Å². The smallest absolute Gasteiger partial charge is 0.000696 e. The molecule has 0 saturated carbocycles. The van der Waals surface area contributed by atoms with Crippen LogP contribution in [0, 0.1) is 0 Å². The number of rotatable bonds is 2. The van der Waals surface area contributed by atoms with Crippen LogP contribution in [0.15, 0.2) is 182 Å². The zero-order valence-electron chi connectivity index (χ0n) is 41.3. The number of hydrogen-bond acceptors (Lipinski definition) is 0. The standard InChI is InChI=1S/C72H48/c1-71(2,3)39-24-22-38(23-25-39)58-51-21-13-19-44-56-36-40(72(4,5)6)26-27-49(56)66(62(44)51)70-55-35-31-48-45-28-32-52-63-54(34-30-47(59(45)63)46-29-33-53(68(58)70)64(55)60(46)48)69-65-43-17-11-10-16-41(43)42-18-12-20-50(61(42)65)57(67(52)69)37-14-8-7-9-15-37/h7-36H,1-6H3. The largest absolute Gasteiger partial charge is 0.0622 e. The molecule has 0 fully saturated rings. The molecule has 0 N–H and O–H groups in total. The summed E-state index contributed by atoms with van der Waals surface area (Å²) in [5.74, 6) is 0. The van der Waals surface area contributed by atoms with Crippen LogP contribution >= 0.6 is 0 Å². The molecule has 0 aliphatic heterocycles. The Morgan fingerprint density at radius 1 is 0.194 bits per heavy atom. The van der Waals surface area contributed by atoms with Gasteiger partial charge in [-0.15, -0.1) is 0 Å². The van der Waals surface area contributed by atoms with Gasteiger partial charge in [-0.2, -0.15) is 0 Å². The lowest BCUT2D eigenvalue weighted by atomic mass is 9.85. The van der Waals surface area contributed by atoms with Gasteiger partial charge in [0.25, 0.3) is 0 Å². The Morgan fingerprint density at radius 3 is 1.01 bits per heavy atom. The van der Waals surface area contributed by atoms with Gasteiger partial charge < -0.3 is 0 Å². The highest BCUT2D eigenvalue weighted by Crippen LogP contribution is 2.58. The zero-order valence-corrected chi connectivity index (χ0v) is 41.3. The van der Waals surface area contributed by atoms with Crippen molar-refractivity contribution in [1.29, 1.82) is 0 Å². The minimum Gasteiger partial charge on any atom is -0.0622 e. The van der Waals surface area contributed by atoms with Gasteiger partial charge in [0.1, 0.15) is 0 Å². The molecular formula is C72H48. The third-order valence-corrected chi connectivity index (χ3v) is 17.7.